The molecule has 2 N–H and O–H groups in total. The molecule has 4 aromatic rings. The SMILES string of the molecule is Cc1cc(Cl)ccc1OCc1nnc(SCC(=O)Nc2sc3c(c2C(=O)NCc2ccccc2)CCCC3)o1. The van der Waals surface area contributed by atoms with Crippen LogP contribution < -0.4 is 15.4 Å². The molecule has 39 heavy (non-hydrogen) atoms. The van der Waals surface area contributed by atoms with Gasteiger partial charge in [-0.25, -0.2) is 0 Å². The number of anilines is 1. The molecule has 0 fully saturated rings. The summed E-state index contributed by atoms with van der Waals surface area (Å²) >= 11 is 8.61. The topological polar surface area (TPSA) is 106 Å². The van der Waals surface area contributed by atoms with E-state index in [1.165, 1.54) is 16.2 Å². The van der Waals surface area contributed by atoms with Crippen molar-refractivity contribution in [2.45, 2.75) is 51.0 Å². The van der Waals surface area contributed by atoms with Crippen LogP contribution in [0.25, 0.3) is 0 Å². The first-order valence-corrected chi connectivity index (χ1v) is 14.7. The Bertz CT molecular complexity index is 1470. The van der Waals surface area contributed by atoms with Crippen LogP contribution in [0.3, 0.4) is 0 Å². The number of benzene rings is 2. The Morgan fingerprint density at radius 2 is 1.95 bits per heavy atom. The number of amides is 2. The van der Waals surface area contributed by atoms with Crippen molar-refractivity contribution in [1.82, 2.24) is 15.5 Å². The zero-order valence-corrected chi connectivity index (χ0v) is 23.7. The van der Waals surface area contributed by atoms with Gasteiger partial charge in [0.15, 0.2) is 6.61 Å². The van der Waals surface area contributed by atoms with Crippen LogP contribution in [-0.2, 0) is 30.8 Å². The molecule has 0 radical (unpaired) electrons. The van der Waals surface area contributed by atoms with Gasteiger partial charge in [0, 0.05) is 16.4 Å². The molecular formula is C28H27ClN4O4S2. The van der Waals surface area contributed by atoms with Crippen molar-refractivity contribution in [2.75, 3.05) is 11.1 Å². The monoisotopic (exact) mass is 582 g/mol. The van der Waals surface area contributed by atoms with Gasteiger partial charge in [0.25, 0.3) is 17.0 Å². The second-order valence-electron chi connectivity index (χ2n) is 9.08. The number of nitrogens with zero attached hydrogens (tertiary/aromatic N) is 2. The summed E-state index contributed by atoms with van der Waals surface area (Å²) in [6, 6.07) is 15.1. The van der Waals surface area contributed by atoms with Gasteiger partial charge in [0.1, 0.15) is 10.8 Å². The van der Waals surface area contributed by atoms with Crippen molar-refractivity contribution in [3.05, 3.63) is 86.6 Å². The maximum atomic E-state index is 13.2. The second kappa shape index (κ2) is 12.7. The average molecular weight is 583 g/mol. The normalized spacial score (nSPS) is 12.6. The number of hydrogen-bond donors (Lipinski definition) is 2. The first kappa shape index (κ1) is 27.2. The number of nitrogens with one attached hydrogen (secondary N) is 2. The predicted molar refractivity (Wildman–Crippen MR) is 153 cm³/mol. The highest BCUT2D eigenvalue weighted by Crippen LogP contribution is 2.38. The number of carbonyl (C=O) groups excluding carboxylic acids is 2. The van der Waals surface area contributed by atoms with Gasteiger partial charge in [0.05, 0.1) is 11.3 Å². The lowest BCUT2D eigenvalue weighted by Crippen LogP contribution is -2.25. The third-order valence-electron chi connectivity index (χ3n) is 6.21. The van der Waals surface area contributed by atoms with Crippen LogP contribution in [0.15, 0.2) is 58.2 Å². The number of ether oxygens (including phenoxy) is 1. The van der Waals surface area contributed by atoms with Gasteiger partial charge in [-0.05, 0) is 67.5 Å². The number of aromatic nitrogens is 2. The van der Waals surface area contributed by atoms with Gasteiger partial charge < -0.3 is 19.8 Å². The second-order valence-corrected chi connectivity index (χ2v) is 11.5. The molecular weight excluding hydrogens is 556 g/mol. The van der Waals surface area contributed by atoms with Crippen LogP contribution in [0.2, 0.25) is 5.02 Å². The fourth-order valence-corrected chi connectivity index (χ4v) is 6.43. The van der Waals surface area contributed by atoms with E-state index in [9.17, 15) is 9.59 Å². The van der Waals surface area contributed by atoms with Crippen LogP contribution in [0.5, 0.6) is 5.75 Å². The summed E-state index contributed by atoms with van der Waals surface area (Å²) in [5.41, 5.74) is 3.55. The van der Waals surface area contributed by atoms with Gasteiger partial charge >= 0.3 is 0 Å². The molecule has 2 aromatic heterocycles. The van der Waals surface area contributed by atoms with Crippen molar-refractivity contribution in [3.8, 4) is 5.75 Å². The molecule has 1 aliphatic rings. The molecule has 0 aliphatic heterocycles. The Hall–Kier alpha value is -3.34. The number of carbonyl (C=O) groups is 2. The molecule has 2 aromatic carbocycles. The first-order valence-electron chi connectivity index (χ1n) is 12.6. The molecule has 0 unspecified atom stereocenters. The predicted octanol–water partition coefficient (Wildman–Crippen LogP) is 6.21. The van der Waals surface area contributed by atoms with Gasteiger partial charge in [-0.3, -0.25) is 9.59 Å². The summed E-state index contributed by atoms with van der Waals surface area (Å²) < 4.78 is 11.4. The summed E-state index contributed by atoms with van der Waals surface area (Å²) in [7, 11) is 0. The summed E-state index contributed by atoms with van der Waals surface area (Å²) in [6.07, 6.45) is 3.88. The quantitative estimate of drug-likeness (QED) is 0.214. The van der Waals surface area contributed by atoms with Crippen LogP contribution in [0, 0.1) is 6.92 Å². The van der Waals surface area contributed by atoms with E-state index < -0.39 is 0 Å². The van der Waals surface area contributed by atoms with Gasteiger partial charge in [-0.2, -0.15) is 0 Å². The van der Waals surface area contributed by atoms with Gasteiger partial charge in [0.2, 0.25) is 5.91 Å². The number of fused-ring (bicyclic) bond motifs is 1. The Morgan fingerprint density at radius 1 is 1.13 bits per heavy atom. The van der Waals surface area contributed by atoms with Gasteiger partial charge in [-0.1, -0.05) is 53.7 Å². The van der Waals surface area contributed by atoms with Crippen molar-refractivity contribution in [1.29, 1.82) is 0 Å². The minimum absolute atomic E-state index is 0.0619. The Balaban J connectivity index is 1.18. The molecule has 1 aliphatic carbocycles. The minimum atomic E-state index is -0.247. The van der Waals surface area contributed by atoms with E-state index in [1.807, 2.05) is 43.3 Å². The van der Waals surface area contributed by atoms with Gasteiger partial charge in [-0.15, -0.1) is 21.5 Å². The molecule has 0 saturated carbocycles. The number of thiophene rings is 1. The maximum Gasteiger partial charge on any atom is 0.277 e. The standard InChI is InChI=1S/C28H27ClN4O4S2/c1-17-13-19(29)11-12-21(17)36-15-24-32-33-28(37-24)38-16-23(34)31-27-25(20-9-5-6-10-22(20)39-27)26(35)30-14-18-7-3-2-4-8-18/h2-4,7-8,11-13H,5-6,9-10,14-16H2,1H3,(H,30,35)(H,31,34). The lowest BCUT2D eigenvalue weighted by Gasteiger charge is -2.13. The van der Waals surface area contributed by atoms with Crippen LogP contribution in [-0.4, -0.2) is 27.8 Å². The molecule has 8 nitrogen and oxygen atoms in total. The zero-order chi connectivity index (χ0) is 27.2. The average Bonchev–Trinajstić information content (AvgIpc) is 3.54. The first-order chi connectivity index (χ1) is 19.0. The lowest BCUT2D eigenvalue weighted by molar-refractivity contribution is -0.113. The van der Waals surface area contributed by atoms with Crippen molar-refractivity contribution in [3.63, 3.8) is 0 Å². The van der Waals surface area contributed by atoms with E-state index >= 15 is 0 Å². The number of rotatable bonds is 10. The maximum absolute atomic E-state index is 13.2. The Morgan fingerprint density at radius 3 is 2.77 bits per heavy atom. The molecule has 2 heterocycles. The van der Waals surface area contributed by atoms with E-state index in [0.717, 1.165) is 54.1 Å². The smallest absolute Gasteiger partial charge is 0.277 e. The fraction of sp³-hybridized carbons (Fsp3) is 0.286. The van der Waals surface area contributed by atoms with E-state index in [4.69, 9.17) is 20.8 Å². The lowest BCUT2D eigenvalue weighted by atomic mass is 9.95. The van der Waals surface area contributed by atoms with Crippen molar-refractivity contribution >= 4 is 51.5 Å². The van der Waals surface area contributed by atoms with Crippen LogP contribution in [0.1, 0.15) is 50.7 Å². The van der Waals surface area contributed by atoms with E-state index in [-0.39, 0.29) is 29.4 Å². The molecule has 0 spiro atoms. The van der Waals surface area contributed by atoms with E-state index in [0.29, 0.717) is 33.8 Å². The largest absolute Gasteiger partial charge is 0.484 e. The highest BCUT2D eigenvalue weighted by Gasteiger charge is 2.26. The highest BCUT2D eigenvalue weighted by molar-refractivity contribution is 7.99. The third kappa shape index (κ3) is 7.00. The minimum Gasteiger partial charge on any atom is -0.484 e. The molecule has 0 saturated heterocycles. The Labute approximate surface area is 239 Å². The van der Waals surface area contributed by atoms with Crippen molar-refractivity contribution < 1.29 is 18.7 Å². The summed E-state index contributed by atoms with van der Waals surface area (Å²) in [5, 5.41) is 15.5. The molecule has 2 amide bonds. The number of thioether (sulfide) groups is 1. The van der Waals surface area contributed by atoms with Crippen molar-refractivity contribution in [2.24, 2.45) is 0 Å². The number of halogens is 1. The molecule has 11 heteroatoms. The van der Waals surface area contributed by atoms with E-state index in [1.54, 1.807) is 12.1 Å². The molecule has 5 rings (SSSR count). The Kier molecular flexibility index (Phi) is 8.85. The van der Waals surface area contributed by atoms with Crippen LogP contribution >= 0.6 is 34.7 Å². The number of aryl methyl sites for hydroxylation is 2. The highest BCUT2D eigenvalue weighted by atomic mass is 35.5. The fourth-order valence-electron chi connectivity index (χ4n) is 4.32. The molecule has 0 bridgehead atoms. The summed E-state index contributed by atoms with van der Waals surface area (Å²) in [6.45, 7) is 2.43. The van der Waals surface area contributed by atoms with Crippen LogP contribution in [0.4, 0.5) is 5.00 Å². The molecule has 202 valence electrons. The number of hydrogen-bond acceptors (Lipinski definition) is 8. The third-order valence-corrected chi connectivity index (χ3v) is 8.47. The molecule has 0 atom stereocenters. The summed E-state index contributed by atoms with van der Waals surface area (Å²) in [4.78, 5) is 27.3. The summed E-state index contributed by atoms with van der Waals surface area (Å²) in [5.74, 6) is 0.623. The van der Waals surface area contributed by atoms with E-state index in [2.05, 4.69) is 20.8 Å². The zero-order valence-electron chi connectivity index (χ0n) is 21.3.